The number of carbonyl (C=O) groups excluding carboxylic acids is 1. The first kappa shape index (κ1) is 19.5. The molecular weight excluding hydrogens is 372 g/mol. The Labute approximate surface area is 181 Å². The quantitative estimate of drug-likeness (QED) is 0.480. The lowest BCUT2D eigenvalue weighted by Gasteiger charge is -2.55. The van der Waals surface area contributed by atoms with E-state index in [2.05, 4.69) is 40.2 Å². The maximum atomic E-state index is 12.4. The molecule has 6 rings (SSSR count). The Bertz CT molecular complexity index is 788. The van der Waals surface area contributed by atoms with Crippen molar-refractivity contribution in [1.29, 1.82) is 0 Å². The van der Waals surface area contributed by atoms with Gasteiger partial charge in [-0.3, -0.25) is 9.69 Å². The van der Waals surface area contributed by atoms with Crippen LogP contribution < -0.4 is 0 Å². The van der Waals surface area contributed by atoms with Crippen molar-refractivity contribution >= 4 is 6.29 Å². The van der Waals surface area contributed by atoms with E-state index in [4.69, 9.17) is 4.74 Å². The van der Waals surface area contributed by atoms with Gasteiger partial charge >= 0.3 is 0 Å². The van der Waals surface area contributed by atoms with Crippen LogP contribution in [-0.4, -0.2) is 59.6 Å². The van der Waals surface area contributed by atoms with Gasteiger partial charge in [0.05, 0.1) is 6.04 Å². The van der Waals surface area contributed by atoms with E-state index in [0.29, 0.717) is 18.0 Å². The van der Waals surface area contributed by atoms with Gasteiger partial charge in [-0.15, -0.1) is 0 Å². The highest BCUT2D eigenvalue weighted by Gasteiger charge is 2.70. The smallest absolute Gasteiger partial charge is 0.146 e. The van der Waals surface area contributed by atoms with Crippen molar-refractivity contribution in [3.05, 3.63) is 36.0 Å². The molecule has 3 bridgehead atoms. The normalized spacial score (nSPS) is 49.1. The highest BCUT2D eigenvalue weighted by atomic mass is 16.5. The first-order valence-corrected chi connectivity index (χ1v) is 12.4. The monoisotopic (exact) mass is 408 g/mol. The first-order valence-electron chi connectivity index (χ1n) is 12.4. The van der Waals surface area contributed by atoms with E-state index in [-0.39, 0.29) is 17.2 Å². The number of allylic oxidation sites excluding steroid dienone is 4. The van der Waals surface area contributed by atoms with E-state index < -0.39 is 0 Å². The minimum atomic E-state index is -0.300. The number of piperidine rings is 1. The van der Waals surface area contributed by atoms with Crippen molar-refractivity contribution in [3.63, 3.8) is 0 Å². The van der Waals surface area contributed by atoms with E-state index in [1.54, 1.807) is 0 Å². The summed E-state index contributed by atoms with van der Waals surface area (Å²) in [6.07, 6.45) is 25.0. The number of hydrogen-bond acceptors (Lipinski definition) is 4. The fourth-order valence-electron chi connectivity index (χ4n) is 8.03. The highest BCUT2D eigenvalue weighted by Crippen LogP contribution is 2.64. The summed E-state index contributed by atoms with van der Waals surface area (Å²) in [6.45, 7) is 3.48. The number of rotatable bonds is 1. The van der Waals surface area contributed by atoms with Crippen molar-refractivity contribution in [2.45, 2.75) is 88.1 Å². The molecule has 5 aliphatic heterocycles. The van der Waals surface area contributed by atoms with Crippen LogP contribution >= 0.6 is 0 Å². The Morgan fingerprint density at radius 3 is 2.87 bits per heavy atom. The maximum Gasteiger partial charge on any atom is 0.146 e. The van der Waals surface area contributed by atoms with Gasteiger partial charge in [-0.25, -0.2) is 0 Å². The summed E-state index contributed by atoms with van der Waals surface area (Å²) in [5.74, 6) is 0.397. The summed E-state index contributed by atoms with van der Waals surface area (Å²) < 4.78 is 7.04. The first-order chi connectivity index (χ1) is 14.8. The number of nitrogens with zero attached hydrogens (tertiary/aromatic N) is 2. The van der Waals surface area contributed by atoms with Gasteiger partial charge in [0.25, 0.3) is 0 Å². The fourth-order valence-corrected chi connectivity index (χ4v) is 8.03. The van der Waals surface area contributed by atoms with Crippen molar-refractivity contribution < 1.29 is 9.53 Å². The molecule has 0 saturated carbocycles. The number of aldehydes is 1. The third kappa shape index (κ3) is 2.79. The Hall–Kier alpha value is -1.23. The highest BCUT2D eigenvalue weighted by molar-refractivity contribution is 5.76. The predicted molar refractivity (Wildman–Crippen MR) is 118 cm³/mol. The molecule has 6 aliphatic rings. The van der Waals surface area contributed by atoms with Crippen LogP contribution in [0.1, 0.15) is 64.2 Å². The lowest BCUT2D eigenvalue weighted by Crippen LogP contribution is -2.63. The van der Waals surface area contributed by atoms with Crippen LogP contribution in [0.25, 0.3) is 0 Å². The molecule has 0 aromatic carbocycles. The summed E-state index contributed by atoms with van der Waals surface area (Å²) in [7, 11) is 0. The van der Waals surface area contributed by atoms with Crippen molar-refractivity contribution in [3.8, 4) is 0 Å². The number of ether oxygens (including phenoxy) is 1. The summed E-state index contributed by atoms with van der Waals surface area (Å²) >= 11 is 0. The Balaban J connectivity index is 1.51. The number of fused-ring (bicyclic) bond motifs is 1. The van der Waals surface area contributed by atoms with Crippen molar-refractivity contribution in [1.82, 2.24) is 9.80 Å². The van der Waals surface area contributed by atoms with Crippen LogP contribution in [0.5, 0.6) is 0 Å². The second kappa shape index (κ2) is 7.43. The van der Waals surface area contributed by atoms with Crippen LogP contribution in [-0.2, 0) is 9.53 Å². The molecule has 162 valence electrons. The summed E-state index contributed by atoms with van der Waals surface area (Å²) in [6, 6.07) is 0.876. The topological polar surface area (TPSA) is 32.8 Å². The molecule has 4 nitrogen and oxygen atoms in total. The lowest BCUT2D eigenvalue weighted by atomic mass is 9.55. The summed E-state index contributed by atoms with van der Waals surface area (Å²) in [5, 5.41) is 0. The molecule has 3 fully saturated rings. The van der Waals surface area contributed by atoms with Crippen LogP contribution in [0.15, 0.2) is 36.0 Å². The Kier molecular flexibility index (Phi) is 4.82. The van der Waals surface area contributed by atoms with Crippen molar-refractivity contribution in [2.75, 3.05) is 19.6 Å². The van der Waals surface area contributed by atoms with E-state index in [0.717, 1.165) is 44.3 Å². The molecule has 0 aromatic heterocycles. The zero-order valence-electron chi connectivity index (χ0n) is 18.2. The molecule has 30 heavy (non-hydrogen) atoms. The van der Waals surface area contributed by atoms with Gasteiger partial charge in [0.2, 0.25) is 0 Å². The maximum absolute atomic E-state index is 12.4. The van der Waals surface area contributed by atoms with Crippen LogP contribution in [0.2, 0.25) is 0 Å². The van der Waals surface area contributed by atoms with Gasteiger partial charge in [0.15, 0.2) is 0 Å². The van der Waals surface area contributed by atoms with E-state index in [9.17, 15) is 4.79 Å². The van der Waals surface area contributed by atoms with Gasteiger partial charge in [-0.05, 0) is 94.9 Å². The average Bonchev–Trinajstić information content (AvgIpc) is 3.23. The predicted octanol–water partition coefficient (Wildman–Crippen LogP) is 4.23. The lowest BCUT2D eigenvalue weighted by molar-refractivity contribution is -0.109. The van der Waals surface area contributed by atoms with E-state index in [1.165, 1.54) is 51.4 Å². The van der Waals surface area contributed by atoms with E-state index in [1.807, 2.05) is 0 Å². The standard InChI is InChI=1S/C26H36N2O2/c29-18-20-16-26-13-8-3-1-2-4-9-14-27-15-12-22(20)25(19-27)17-21-10-6-5-7-11-23(30-26)28(21)24(25)26/h1,3,6,10,16,18,21-24H,2,4-5,7-9,11-15,17,19H2/b3-1-,10-6?/t21-,22-,23+,24+,25-,26-/m0/s1. The van der Waals surface area contributed by atoms with Crippen LogP contribution in [0, 0.1) is 11.3 Å². The number of hydrogen-bond donors (Lipinski definition) is 0. The largest absolute Gasteiger partial charge is 0.351 e. The molecule has 0 aromatic rings. The molecule has 5 heterocycles. The Morgan fingerprint density at radius 1 is 1.03 bits per heavy atom. The third-order valence-corrected chi connectivity index (χ3v) is 9.00. The molecule has 4 heteroatoms. The van der Waals surface area contributed by atoms with Crippen LogP contribution in [0.3, 0.4) is 0 Å². The molecule has 1 unspecified atom stereocenters. The van der Waals surface area contributed by atoms with Gasteiger partial charge < -0.3 is 9.64 Å². The van der Waals surface area contributed by atoms with Gasteiger partial charge in [0, 0.05) is 18.0 Å². The molecule has 1 spiro atoms. The number of carbonyl (C=O) groups is 1. The minimum Gasteiger partial charge on any atom is -0.351 e. The third-order valence-electron chi connectivity index (χ3n) is 9.00. The minimum absolute atomic E-state index is 0.148. The second-order valence-electron chi connectivity index (χ2n) is 10.6. The molecule has 3 saturated heterocycles. The fraction of sp³-hybridized carbons (Fsp3) is 0.731. The molecule has 1 aliphatic carbocycles. The van der Waals surface area contributed by atoms with Gasteiger partial charge in [-0.2, -0.15) is 0 Å². The van der Waals surface area contributed by atoms with Gasteiger partial charge in [-0.1, -0.05) is 24.3 Å². The molecule has 0 amide bonds. The SMILES string of the molecule is O=CC1=C[C@]23CC/C=C\CCCCN4CC[C@@H]1[C@]1(C[C@@H]5C=CCCC[C@@H](O2)N5[C@H]13)C4. The summed E-state index contributed by atoms with van der Waals surface area (Å²) in [4.78, 5) is 17.9. The average molecular weight is 409 g/mol. The molecule has 7 atom stereocenters. The Morgan fingerprint density at radius 2 is 1.93 bits per heavy atom. The van der Waals surface area contributed by atoms with Crippen LogP contribution in [0.4, 0.5) is 0 Å². The molecule has 0 radical (unpaired) electrons. The molecular formula is C26H36N2O2. The summed E-state index contributed by atoms with van der Waals surface area (Å²) in [5.41, 5.74) is 0.896. The van der Waals surface area contributed by atoms with Gasteiger partial charge in [0.1, 0.15) is 18.1 Å². The van der Waals surface area contributed by atoms with E-state index >= 15 is 0 Å². The molecule has 0 N–H and O–H groups in total. The zero-order chi connectivity index (χ0) is 20.2. The second-order valence-corrected chi connectivity index (χ2v) is 10.6. The van der Waals surface area contributed by atoms with Crippen molar-refractivity contribution in [2.24, 2.45) is 11.3 Å². The zero-order valence-corrected chi connectivity index (χ0v) is 18.2.